The summed E-state index contributed by atoms with van der Waals surface area (Å²) in [5.41, 5.74) is -0.492. The van der Waals surface area contributed by atoms with E-state index in [-0.39, 0.29) is 30.0 Å². The topological polar surface area (TPSA) is 123 Å². The Morgan fingerprint density at radius 3 is 2.15 bits per heavy atom. The van der Waals surface area contributed by atoms with Gasteiger partial charge < -0.3 is 24.6 Å². The zero-order chi connectivity index (χ0) is 19.9. The number of ether oxygens (including phenoxy) is 3. The largest absolute Gasteiger partial charge is 0.493 e. The fourth-order valence-corrected chi connectivity index (χ4v) is 1.96. The molecule has 0 bridgehead atoms. The van der Waals surface area contributed by atoms with Crippen LogP contribution in [0.1, 0.15) is 37.6 Å². The van der Waals surface area contributed by atoms with E-state index in [0.29, 0.717) is 5.75 Å². The molecule has 3 N–H and O–H groups in total. The molecule has 9 nitrogen and oxygen atoms in total. The number of carboxylic acids is 1. The molecule has 26 heavy (non-hydrogen) atoms. The van der Waals surface area contributed by atoms with Crippen LogP contribution in [0.25, 0.3) is 0 Å². The molecule has 0 unspecified atom stereocenters. The Bertz CT molecular complexity index is 680. The Hall–Kier alpha value is -2.97. The second-order valence-corrected chi connectivity index (χ2v) is 6.28. The summed E-state index contributed by atoms with van der Waals surface area (Å²) in [7, 11) is 2.83. The molecule has 9 heteroatoms. The molecule has 0 fully saturated rings. The average molecular weight is 368 g/mol. The monoisotopic (exact) mass is 368 g/mol. The molecule has 1 aromatic rings. The summed E-state index contributed by atoms with van der Waals surface area (Å²) in [6.07, 6.45) is -0.974. The highest BCUT2D eigenvalue weighted by molar-refractivity contribution is 6.03. The lowest BCUT2D eigenvalue weighted by atomic mass is 10.1. The number of benzene rings is 1. The van der Waals surface area contributed by atoms with Crippen molar-refractivity contribution >= 4 is 23.7 Å². The number of hydrogen-bond acceptors (Lipinski definition) is 6. The highest BCUT2D eigenvalue weighted by atomic mass is 16.6. The first kappa shape index (κ1) is 21.1. The molecular formula is C17H24N2O7. The van der Waals surface area contributed by atoms with Crippen LogP contribution in [0.15, 0.2) is 12.1 Å². The van der Waals surface area contributed by atoms with Gasteiger partial charge in [0.15, 0.2) is 11.5 Å². The third-order valence-corrected chi connectivity index (χ3v) is 3.03. The van der Waals surface area contributed by atoms with Crippen LogP contribution in [-0.4, -0.2) is 49.4 Å². The summed E-state index contributed by atoms with van der Waals surface area (Å²) in [6, 6.07) is 2.82. The van der Waals surface area contributed by atoms with Gasteiger partial charge in [-0.2, -0.15) is 0 Å². The highest BCUT2D eigenvalue weighted by Gasteiger charge is 2.21. The van der Waals surface area contributed by atoms with Crippen LogP contribution < -0.4 is 20.1 Å². The van der Waals surface area contributed by atoms with Gasteiger partial charge in [0.2, 0.25) is 0 Å². The third kappa shape index (κ3) is 6.50. The Kier molecular flexibility index (Phi) is 7.24. The number of aliphatic carboxylic acids is 1. The Morgan fingerprint density at radius 1 is 1.08 bits per heavy atom. The van der Waals surface area contributed by atoms with Gasteiger partial charge in [-0.25, -0.2) is 4.79 Å². The smallest absolute Gasteiger partial charge is 0.412 e. The molecule has 0 aliphatic rings. The maximum atomic E-state index is 12.4. The first-order chi connectivity index (χ1) is 12.1. The summed E-state index contributed by atoms with van der Waals surface area (Å²) in [6.45, 7) is 5.07. The third-order valence-electron chi connectivity index (χ3n) is 3.03. The second-order valence-electron chi connectivity index (χ2n) is 6.28. The van der Waals surface area contributed by atoms with Gasteiger partial charge in [-0.05, 0) is 26.8 Å². The molecule has 144 valence electrons. The summed E-state index contributed by atoms with van der Waals surface area (Å²) < 4.78 is 15.5. The maximum absolute atomic E-state index is 12.4. The van der Waals surface area contributed by atoms with Crippen LogP contribution in [0.3, 0.4) is 0 Å². The van der Waals surface area contributed by atoms with Crippen molar-refractivity contribution in [2.45, 2.75) is 32.8 Å². The fraction of sp³-hybridized carbons (Fsp3) is 0.471. The maximum Gasteiger partial charge on any atom is 0.412 e. The van der Waals surface area contributed by atoms with E-state index in [1.54, 1.807) is 20.8 Å². The Morgan fingerprint density at radius 2 is 1.65 bits per heavy atom. The van der Waals surface area contributed by atoms with E-state index in [9.17, 15) is 14.4 Å². The zero-order valence-electron chi connectivity index (χ0n) is 15.5. The average Bonchev–Trinajstić information content (AvgIpc) is 2.51. The van der Waals surface area contributed by atoms with Gasteiger partial charge in [0.1, 0.15) is 5.60 Å². The number of carboxylic acid groups (broad SMARTS) is 1. The van der Waals surface area contributed by atoms with Gasteiger partial charge in [0, 0.05) is 12.6 Å². The Labute approximate surface area is 151 Å². The minimum atomic E-state index is -1.04. The minimum absolute atomic E-state index is 0.0611. The number of rotatable bonds is 7. The summed E-state index contributed by atoms with van der Waals surface area (Å²) in [4.78, 5) is 35.0. The van der Waals surface area contributed by atoms with Crippen LogP contribution in [0.2, 0.25) is 0 Å². The summed E-state index contributed by atoms with van der Waals surface area (Å²) >= 11 is 0. The number of amides is 2. The quantitative estimate of drug-likeness (QED) is 0.674. The SMILES string of the molecule is COc1cc(NC(=O)OC(C)(C)C)c(C(=O)NCCC(=O)O)cc1OC. The molecule has 0 atom stereocenters. The second kappa shape index (κ2) is 8.93. The van der Waals surface area contributed by atoms with Gasteiger partial charge >= 0.3 is 12.1 Å². The zero-order valence-corrected chi connectivity index (χ0v) is 15.5. The van der Waals surface area contributed by atoms with Crippen molar-refractivity contribution in [3.8, 4) is 11.5 Å². The molecule has 0 saturated carbocycles. The van der Waals surface area contributed by atoms with Gasteiger partial charge in [-0.3, -0.25) is 14.9 Å². The normalized spacial score (nSPS) is 10.7. The predicted molar refractivity (Wildman–Crippen MR) is 94.0 cm³/mol. The van der Waals surface area contributed by atoms with E-state index >= 15 is 0 Å². The van der Waals surface area contributed by atoms with Gasteiger partial charge in [-0.15, -0.1) is 0 Å². The lowest BCUT2D eigenvalue weighted by Gasteiger charge is -2.21. The first-order valence-electron chi connectivity index (χ1n) is 7.83. The highest BCUT2D eigenvalue weighted by Crippen LogP contribution is 2.33. The first-order valence-corrected chi connectivity index (χ1v) is 7.83. The van der Waals surface area contributed by atoms with Crippen molar-refractivity contribution in [2.24, 2.45) is 0 Å². The number of carbonyl (C=O) groups excluding carboxylic acids is 2. The van der Waals surface area contributed by atoms with E-state index in [0.717, 1.165) is 0 Å². The summed E-state index contributed by atoms with van der Waals surface area (Å²) in [5, 5.41) is 13.6. The molecule has 2 amide bonds. The van der Waals surface area contributed by atoms with Crippen LogP contribution in [-0.2, 0) is 9.53 Å². The lowest BCUT2D eigenvalue weighted by Crippen LogP contribution is -2.30. The molecule has 0 spiro atoms. The number of hydrogen-bond donors (Lipinski definition) is 3. The minimum Gasteiger partial charge on any atom is -0.493 e. The van der Waals surface area contributed by atoms with Gasteiger partial charge in [0.25, 0.3) is 5.91 Å². The van der Waals surface area contributed by atoms with Crippen LogP contribution in [0.5, 0.6) is 11.5 Å². The number of anilines is 1. The van der Waals surface area contributed by atoms with Gasteiger partial charge in [-0.1, -0.05) is 0 Å². The molecule has 0 heterocycles. The van der Waals surface area contributed by atoms with Crippen molar-refractivity contribution in [3.63, 3.8) is 0 Å². The molecule has 0 aliphatic carbocycles. The number of carbonyl (C=O) groups is 3. The molecule has 0 saturated heterocycles. The van der Waals surface area contributed by atoms with Crippen LogP contribution in [0, 0.1) is 0 Å². The van der Waals surface area contributed by atoms with Crippen molar-refractivity contribution in [1.82, 2.24) is 5.32 Å². The van der Waals surface area contributed by atoms with Crippen LogP contribution >= 0.6 is 0 Å². The van der Waals surface area contributed by atoms with E-state index in [4.69, 9.17) is 19.3 Å². The predicted octanol–water partition coefficient (Wildman–Crippen LogP) is 2.26. The van der Waals surface area contributed by atoms with Crippen LogP contribution in [0.4, 0.5) is 10.5 Å². The standard InChI is InChI=1S/C17H24N2O7/c1-17(2,3)26-16(23)19-11-9-13(25-5)12(24-4)8-10(11)15(22)18-7-6-14(20)21/h8-9H,6-7H2,1-5H3,(H,18,22)(H,19,23)(H,20,21). The van der Waals surface area contributed by atoms with Crippen molar-refractivity contribution in [1.29, 1.82) is 0 Å². The van der Waals surface area contributed by atoms with Crippen molar-refractivity contribution in [3.05, 3.63) is 17.7 Å². The Balaban J connectivity index is 3.13. The van der Waals surface area contributed by atoms with Gasteiger partial charge in [0.05, 0.1) is 31.9 Å². The van der Waals surface area contributed by atoms with E-state index in [1.165, 1.54) is 26.4 Å². The molecule has 1 aromatic carbocycles. The molecule has 1 rings (SSSR count). The molecule has 0 aromatic heterocycles. The summed E-state index contributed by atoms with van der Waals surface area (Å²) in [5.74, 6) is -1.02. The van der Waals surface area contributed by atoms with Crippen molar-refractivity contribution < 1.29 is 33.7 Å². The van der Waals surface area contributed by atoms with E-state index in [1.807, 2.05) is 0 Å². The fourth-order valence-electron chi connectivity index (χ4n) is 1.96. The molecular weight excluding hydrogens is 344 g/mol. The number of nitrogens with one attached hydrogen (secondary N) is 2. The molecule has 0 radical (unpaired) electrons. The van der Waals surface area contributed by atoms with E-state index in [2.05, 4.69) is 10.6 Å². The van der Waals surface area contributed by atoms with Crippen molar-refractivity contribution in [2.75, 3.05) is 26.1 Å². The number of methoxy groups -OCH3 is 2. The van der Waals surface area contributed by atoms with E-state index < -0.39 is 23.6 Å². The molecule has 0 aliphatic heterocycles. The lowest BCUT2D eigenvalue weighted by molar-refractivity contribution is -0.136.